The molecule has 1 aliphatic heterocycles. The highest BCUT2D eigenvalue weighted by atomic mass is 19.4. The maximum atomic E-state index is 13.4. The number of alkyl halides is 3. The Morgan fingerprint density at radius 3 is 2.46 bits per heavy atom. The molecule has 0 radical (unpaired) electrons. The highest BCUT2D eigenvalue weighted by Gasteiger charge is 2.63. The molecule has 4 nitrogen and oxygen atoms in total. The highest BCUT2D eigenvalue weighted by molar-refractivity contribution is 5.98. The second-order valence-electron chi connectivity index (χ2n) is 6.10. The van der Waals surface area contributed by atoms with Crippen molar-refractivity contribution >= 4 is 11.6 Å². The van der Waals surface area contributed by atoms with Gasteiger partial charge >= 0.3 is 6.18 Å². The number of hydrazone groups is 1. The number of halogens is 3. The molecule has 0 unspecified atom stereocenters. The first-order valence-electron chi connectivity index (χ1n) is 7.95. The molecule has 2 rings (SSSR count). The fourth-order valence-corrected chi connectivity index (χ4v) is 2.59. The van der Waals surface area contributed by atoms with Crippen LogP contribution < -0.4 is 0 Å². The first-order chi connectivity index (χ1) is 11.2. The van der Waals surface area contributed by atoms with Gasteiger partial charge in [0.05, 0.1) is 0 Å². The fraction of sp³-hybridized carbons (Fsp3) is 0.529. The van der Waals surface area contributed by atoms with Gasteiger partial charge in [0.25, 0.3) is 11.6 Å². The van der Waals surface area contributed by atoms with E-state index < -0.39 is 24.2 Å². The van der Waals surface area contributed by atoms with Crippen molar-refractivity contribution in [1.82, 2.24) is 5.01 Å². The lowest BCUT2D eigenvalue weighted by Crippen LogP contribution is -2.56. The van der Waals surface area contributed by atoms with Gasteiger partial charge in [0.1, 0.15) is 0 Å². The van der Waals surface area contributed by atoms with Crippen LogP contribution in [0.3, 0.4) is 0 Å². The number of rotatable bonds is 5. The van der Waals surface area contributed by atoms with Gasteiger partial charge in [-0.05, 0) is 31.9 Å². The normalized spacial score (nSPS) is 21.1. The molecule has 0 spiro atoms. The minimum Gasteiger partial charge on any atom is -0.362 e. The summed E-state index contributed by atoms with van der Waals surface area (Å²) < 4.78 is 40.1. The van der Waals surface area contributed by atoms with Crippen molar-refractivity contribution in [2.24, 2.45) is 5.10 Å². The Bertz CT molecular complexity index is 626. The lowest BCUT2D eigenvalue weighted by molar-refractivity contribution is -0.297. The molecule has 0 saturated heterocycles. The van der Waals surface area contributed by atoms with Crippen LogP contribution in [0.5, 0.6) is 0 Å². The Hall–Kier alpha value is -1.89. The summed E-state index contributed by atoms with van der Waals surface area (Å²) in [7, 11) is 0. The van der Waals surface area contributed by atoms with Crippen LogP contribution in [-0.4, -0.2) is 33.6 Å². The van der Waals surface area contributed by atoms with Crippen LogP contribution in [0.1, 0.15) is 54.9 Å². The van der Waals surface area contributed by atoms with Gasteiger partial charge in [0.15, 0.2) is 0 Å². The molecule has 1 heterocycles. The zero-order chi connectivity index (χ0) is 18.0. The molecule has 1 atom stereocenters. The Morgan fingerprint density at radius 1 is 1.29 bits per heavy atom. The van der Waals surface area contributed by atoms with E-state index in [1.807, 2.05) is 6.92 Å². The van der Waals surface area contributed by atoms with Gasteiger partial charge < -0.3 is 5.11 Å². The molecule has 24 heavy (non-hydrogen) atoms. The largest absolute Gasteiger partial charge is 0.438 e. The van der Waals surface area contributed by atoms with Crippen molar-refractivity contribution in [3.63, 3.8) is 0 Å². The second kappa shape index (κ2) is 6.93. The molecule has 0 saturated carbocycles. The van der Waals surface area contributed by atoms with E-state index in [0.29, 0.717) is 12.8 Å². The molecule has 7 heteroatoms. The zero-order valence-corrected chi connectivity index (χ0v) is 13.7. The van der Waals surface area contributed by atoms with E-state index in [0.717, 1.165) is 18.4 Å². The predicted octanol–water partition coefficient (Wildman–Crippen LogP) is 4.03. The average molecular weight is 342 g/mol. The number of nitrogens with zero attached hydrogens (tertiary/aromatic N) is 2. The van der Waals surface area contributed by atoms with Gasteiger partial charge in [-0.3, -0.25) is 4.79 Å². The van der Waals surface area contributed by atoms with E-state index in [2.05, 4.69) is 5.10 Å². The summed E-state index contributed by atoms with van der Waals surface area (Å²) in [5.74, 6) is -0.958. The summed E-state index contributed by atoms with van der Waals surface area (Å²) in [6.45, 7) is 3.79. The van der Waals surface area contributed by atoms with Crippen LogP contribution in [0.4, 0.5) is 13.2 Å². The number of aryl methyl sites for hydroxylation is 1. The fourth-order valence-electron chi connectivity index (χ4n) is 2.59. The molecule has 1 amide bonds. The topological polar surface area (TPSA) is 52.9 Å². The Balaban J connectivity index is 2.30. The minimum absolute atomic E-state index is 0.0573. The summed E-state index contributed by atoms with van der Waals surface area (Å²) >= 11 is 0. The van der Waals surface area contributed by atoms with Crippen LogP contribution >= 0.6 is 0 Å². The molecule has 0 aliphatic carbocycles. The molecule has 0 fully saturated rings. The third-order valence-electron chi connectivity index (χ3n) is 4.06. The van der Waals surface area contributed by atoms with E-state index in [9.17, 15) is 23.1 Å². The number of benzene rings is 1. The van der Waals surface area contributed by atoms with Crippen molar-refractivity contribution in [2.45, 2.75) is 57.9 Å². The number of hydrogen-bond donors (Lipinski definition) is 1. The number of hydrogen-bond acceptors (Lipinski definition) is 3. The van der Waals surface area contributed by atoms with Crippen LogP contribution in [0.25, 0.3) is 0 Å². The lowest BCUT2D eigenvalue weighted by atomic mass is 10.0. The molecule has 132 valence electrons. The third-order valence-corrected chi connectivity index (χ3v) is 4.06. The first kappa shape index (κ1) is 18.4. The van der Waals surface area contributed by atoms with Crippen molar-refractivity contribution in [1.29, 1.82) is 0 Å². The van der Waals surface area contributed by atoms with E-state index in [-0.39, 0.29) is 16.3 Å². The maximum Gasteiger partial charge on any atom is 0.438 e. The highest BCUT2D eigenvalue weighted by Crippen LogP contribution is 2.41. The number of unbranched alkanes of at least 4 members (excludes halogenated alkanes) is 2. The van der Waals surface area contributed by atoms with Crippen LogP contribution in [0, 0.1) is 6.92 Å². The SMILES string of the molecule is CCCCCC1=NN(C(=O)c2ccc(C)cc2)[C@@](O)(C(F)(F)F)C1. The van der Waals surface area contributed by atoms with Gasteiger partial charge in [-0.25, -0.2) is 0 Å². The van der Waals surface area contributed by atoms with Crippen molar-refractivity contribution < 1.29 is 23.1 Å². The summed E-state index contributed by atoms with van der Waals surface area (Å²) in [5, 5.41) is 14.2. The summed E-state index contributed by atoms with van der Waals surface area (Å²) in [5.41, 5.74) is -2.15. The summed E-state index contributed by atoms with van der Waals surface area (Å²) in [6, 6.07) is 6.11. The van der Waals surface area contributed by atoms with E-state index >= 15 is 0 Å². The molecule has 1 aliphatic rings. The molecule has 1 aromatic carbocycles. The molecule has 0 aromatic heterocycles. The Kier molecular flexibility index (Phi) is 5.32. The predicted molar refractivity (Wildman–Crippen MR) is 84.5 cm³/mol. The quantitative estimate of drug-likeness (QED) is 0.822. The van der Waals surface area contributed by atoms with Gasteiger partial charge in [-0.2, -0.15) is 23.3 Å². The smallest absolute Gasteiger partial charge is 0.362 e. The maximum absolute atomic E-state index is 13.4. The average Bonchev–Trinajstić information content (AvgIpc) is 2.85. The Labute approximate surface area is 139 Å². The number of aliphatic hydroxyl groups is 1. The third kappa shape index (κ3) is 3.61. The summed E-state index contributed by atoms with van der Waals surface area (Å²) in [4.78, 5) is 12.5. The monoisotopic (exact) mass is 342 g/mol. The standard InChI is InChI=1S/C17H21F3N2O2/c1-3-4-5-6-14-11-16(24,17(18,19)20)22(21-14)15(23)13-9-7-12(2)8-10-13/h7-10,24H,3-6,11H2,1-2H3/t16-/m0/s1. The number of carbonyl (C=O) groups excluding carboxylic acids is 1. The van der Waals surface area contributed by atoms with Crippen LogP contribution in [-0.2, 0) is 0 Å². The molecular formula is C17H21F3N2O2. The van der Waals surface area contributed by atoms with E-state index in [4.69, 9.17) is 0 Å². The van der Waals surface area contributed by atoms with E-state index in [1.54, 1.807) is 19.1 Å². The van der Waals surface area contributed by atoms with Gasteiger partial charge in [-0.1, -0.05) is 37.5 Å². The molecular weight excluding hydrogens is 321 g/mol. The van der Waals surface area contributed by atoms with Gasteiger partial charge in [-0.15, -0.1) is 0 Å². The second-order valence-corrected chi connectivity index (χ2v) is 6.10. The molecule has 0 bridgehead atoms. The van der Waals surface area contributed by atoms with Crippen molar-refractivity contribution in [3.8, 4) is 0 Å². The van der Waals surface area contributed by atoms with E-state index in [1.165, 1.54) is 12.1 Å². The zero-order valence-electron chi connectivity index (χ0n) is 13.7. The van der Waals surface area contributed by atoms with Gasteiger partial charge in [0, 0.05) is 17.7 Å². The number of carbonyl (C=O) groups is 1. The first-order valence-corrected chi connectivity index (χ1v) is 7.95. The minimum atomic E-state index is -4.98. The number of amides is 1. The molecule has 1 aromatic rings. The lowest BCUT2D eigenvalue weighted by Gasteiger charge is -2.32. The van der Waals surface area contributed by atoms with Crippen molar-refractivity contribution in [2.75, 3.05) is 0 Å². The Morgan fingerprint density at radius 2 is 1.92 bits per heavy atom. The van der Waals surface area contributed by atoms with Crippen molar-refractivity contribution in [3.05, 3.63) is 35.4 Å². The van der Waals surface area contributed by atoms with Crippen LogP contribution in [0.2, 0.25) is 0 Å². The molecule has 1 N–H and O–H groups in total. The van der Waals surface area contributed by atoms with Crippen LogP contribution in [0.15, 0.2) is 29.4 Å². The summed E-state index contributed by atoms with van der Waals surface area (Å²) in [6.07, 6.45) is -2.89. The van der Waals surface area contributed by atoms with Gasteiger partial charge in [0.2, 0.25) is 0 Å².